The van der Waals surface area contributed by atoms with Crippen LogP contribution < -0.4 is 25.3 Å². The van der Waals surface area contributed by atoms with Gasteiger partial charge in [0.05, 0.1) is 30.4 Å². The van der Waals surface area contributed by atoms with Crippen LogP contribution >= 0.6 is 0 Å². The second kappa shape index (κ2) is 18.8. The summed E-state index contributed by atoms with van der Waals surface area (Å²) in [6.07, 6.45) is -1.80. The number of amides is 2. The molecule has 0 radical (unpaired) electrons. The largest absolute Gasteiger partial charge is 0.457 e. The molecule has 2 aromatic heterocycles. The van der Waals surface area contributed by atoms with Crippen LogP contribution in [-0.2, 0) is 23.5 Å². The van der Waals surface area contributed by atoms with E-state index in [2.05, 4.69) is 75.3 Å². The van der Waals surface area contributed by atoms with Gasteiger partial charge < -0.3 is 18.6 Å². The number of esters is 1. The highest BCUT2D eigenvalue weighted by Gasteiger charge is 2.52. The molecule has 1 aliphatic heterocycles. The van der Waals surface area contributed by atoms with E-state index in [-0.39, 0.29) is 41.2 Å². The van der Waals surface area contributed by atoms with E-state index in [4.69, 9.17) is 18.6 Å². The van der Waals surface area contributed by atoms with Crippen molar-refractivity contribution in [1.29, 1.82) is 0 Å². The van der Waals surface area contributed by atoms with E-state index >= 15 is 0 Å². The maximum absolute atomic E-state index is 14.1. The van der Waals surface area contributed by atoms with E-state index in [0.29, 0.717) is 17.8 Å². The SMILES string of the molecule is CC(=O)Nc1nc(OC(=O)N(c2ccccc2)c2ccccc2)c2ncn([C@@H]3O[C@H](CN=[N+]=[N-])[C@@H](CCO[Si](c4ccccc4)(c4ccccc4)C(C)(C)C)[C@H]3OC(C)=O)c2n1. The number of hydrogen-bond donors (Lipinski definition) is 1. The molecular formula is C45H47N9O7Si. The zero-order valence-corrected chi connectivity index (χ0v) is 36.0. The fraction of sp³-hybridized carbons (Fsp3) is 0.289. The molecule has 1 saturated heterocycles. The first-order chi connectivity index (χ1) is 29.9. The van der Waals surface area contributed by atoms with Crippen molar-refractivity contribution in [1.82, 2.24) is 19.5 Å². The van der Waals surface area contributed by atoms with Crippen molar-refractivity contribution in [2.24, 2.45) is 11.0 Å². The number of carbonyl (C=O) groups excluding carboxylic acids is 3. The number of benzene rings is 4. The summed E-state index contributed by atoms with van der Waals surface area (Å²) in [7, 11) is -2.96. The fourth-order valence-corrected chi connectivity index (χ4v) is 12.7. The van der Waals surface area contributed by atoms with Crippen LogP contribution in [0.5, 0.6) is 5.88 Å². The lowest BCUT2D eigenvalue weighted by Crippen LogP contribution is -2.66. The quantitative estimate of drug-likeness (QED) is 0.0371. The normalized spacial score (nSPS) is 17.5. The Labute approximate surface area is 359 Å². The van der Waals surface area contributed by atoms with E-state index < -0.39 is 50.6 Å². The first kappa shape index (κ1) is 43.2. The smallest absolute Gasteiger partial charge is 0.425 e. The number of nitrogens with one attached hydrogen (secondary N) is 1. The van der Waals surface area contributed by atoms with Crippen molar-refractivity contribution in [3.63, 3.8) is 0 Å². The summed E-state index contributed by atoms with van der Waals surface area (Å²) in [5.74, 6) is -2.01. The van der Waals surface area contributed by atoms with Gasteiger partial charge >= 0.3 is 12.1 Å². The van der Waals surface area contributed by atoms with Crippen LogP contribution in [0, 0.1) is 5.92 Å². The highest BCUT2D eigenvalue weighted by molar-refractivity contribution is 6.99. The maximum atomic E-state index is 14.1. The number of aromatic nitrogens is 4. The molecule has 16 nitrogen and oxygen atoms in total. The van der Waals surface area contributed by atoms with Crippen molar-refractivity contribution >= 4 is 65.1 Å². The Hall–Kier alpha value is -6.91. The molecule has 7 rings (SSSR count). The number of imidazole rings is 1. The number of nitrogens with zero attached hydrogens (tertiary/aromatic N) is 8. The topological polar surface area (TPSA) is 196 Å². The summed E-state index contributed by atoms with van der Waals surface area (Å²) in [5.41, 5.74) is 10.6. The Morgan fingerprint density at radius 2 is 1.44 bits per heavy atom. The molecule has 0 unspecified atom stereocenters. The van der Waals surface area contributed by atoms with Crippen molar-refractivity contribution in [2.45, 2.75) is 64.5 Å². The number of anilines is 3. The molecule has 62 heavy (non-hydrogen) atoms. The van der Waals surface area contributed by atoms with Gasteiger partial charge in [0.25, 0.3) is 14.2 Å². The fourth-order valence-electron chi connectivity index (χ4n) is 8.10. The van der Waals surface area contributed by atoms with Gasteiger partial charge in [-0.3, -0.25) is 19.5 Å². The molecule has 0 bridgehead atoms. The second-order valence-corrected chi connectivity index (χ2v) is 20.1. The van der Waals surface area contributed by atoms with Gasteiger partial charge in [-0.2, -0.15) is 9.97 Å². The molecule has 3 heterocycles. The Morgan fingerprint density at radius 1 is 0.871 bits per heavy atom. The number of fused-ring (bicyclic) bond motifs is 1. The lowest BCUT2D eigenvalue weighted by atomic mass is 9.94. The van der Waals surface area contributed by atoms with Crippen LogP contribution in [0.25, 0.3) is 21.6 Å². The number of hydrogen-bond acceptors (Lipinski definition) is 11. The average Bonchev–Trinajstić information content (AvgIpc) is 3.82. The van der Waals surface area contributed by atoms with Gasteiger partial charge in [-0.15, -0.1) is 0 Å². The molecule has 2 amide bonds. The maximum Gasteiger partial charge on any atom is 0.425 e. The van der Waals surface area contributed by atoms with E-state index in [0.717, 1.165) is 10.4 Å². The lowest BCUT2D eigenvalue weighted by molar-refractivity contribution is -0.153. The highest BCUT2D eigenvalue weighted by Crippen LogP contribution is 2.42. The van der Waals surface area contributed by atoms with Crippen LogP contribution in [0.15, 0.2) is 133 Å². The number of carbonyl (C=O) groups is 3. The third-order valence-corrected chi connectivity index (χ3v) is 15.7. The van der Waals surface area contributed by atoms with Gasteiger partial charge in [0.15, 0.2) is 23.5 Å². The number of para-hydroxylation sites is 2. The third-order valence-electron chi connectivity index (χ3n) is 10.7. The number of azide groups is 1. The van der Waals surface area contributed by atoms with Crippen molar-refractivity contribution in [3.8, 4) is 5.88 Å². The molecule has 4 atom stereocenters. The molecule has 0 aliphatic carbocycles. The van der Waals surface area contributed by atoms with Gasteiger partial charge in [-0.05, 0) is 51.6 Å². The van der Waals surface area contributed by atoms with E-state index in [1.165, 1.54) is 29.6 Å². The number of rotatable bonds is 14. The van der Waals surface area contributed by atoms with Crippen molar-refractivity contribution in [2.75, 3.05) is 23.4 Å². The molecule has 4 aromatic carbocycles. The number of ether oxygens (including phenoxy) is 3. The Balaban J connectivity index is 1.26. The predicted molar refractivity (Wildman–Crippen MR) is 236 cm³/mol. The molecule has 1 aliphatic rings. The van der Waals surface area contributed by atoms with Gasteiger partial charge in [0.2, 0.25) is 11.9 Å². The van der Waals surface area contributed by atoms with Gasteiger partial charge in [0, 0.05) is 31.3 Å². The predicted octanol–water partition coefficient (Wildman–Crippen LogP) is 7.84. The Morgan fingerprint density at radius 3 is 1.95 bits per heavy atom. The van der Waals surface area contributed by atoms with E-state index in [1.54, 1.807) is 48.5 Å². The summed E-state index contributed by atoms with van der Waals surface area (Å²) in [6.45, 7) is 9.33. The van der Waals surface area contributed by atoms with Crippen molar-refractivity contribution < 1.29 is 33.0 Å². The van der Waals surface area contributed by atoms with Crippen LogP contribution in [0.2, 0.25) is 5.04 Å². The molecule has 17 heteroatoms. The molecule has 6 aromatic rings. The van der Waals surface area contributed by atoms with Crippen LogP contribution in [0.4, 0.5) is 22.1 Å². The summed E-state index contributed by atoms with van der Waals surface area (Å²) >= 11 is 0. The molecule has 0 saturated carbocycles. The highest BCUT2D eigenvalue weighted by atomic mass is 28.4. The summed E-state index contributed by atoms with van der Waals surface area (Å²) in [6, 6.07) is 38.4. The minimum atomic E-state index is -2.96. The average molecular weight is 854 g/mol. The van der Waals surface area contributed by atoms with Gasteiger partial charge in [-0.1, -0.05) is 123 Å². The molecule has 1 fully saturated rings. The Bertz CT molecular complexity index is 2470. The minimum Gasteiger partial charge on any atom is -0.457 e. The molecule has 1 N–H and O–H groups in total. The third kappa shape index (κ3) is 9.06. The van der Waals surface area contributed by atoms with E-state index in [9.17, 15) is 19.9 Å². The monoisotopic (exact) mass is 853 g/mol. The lowest BCUT2D eigenvalue weighted by Gasteiger charge is -2.43. The standard InChI is InChI=1S/C45H47N9O7Si/c1-30(55)49-43-50-40-38(41(51-43)61-44(57)54(32-18-10-6-11-19-32)33-20-12-7-13-21-33)47-29-53(40)42-39(59-31(2)56)36(37(60-42)28-48-52-46)26-27-58-62(45(3,4)5,34-22-14-8-15-23-34)35-24-16-9-17-25-35/h6-25,29,36-37,39,42H,26-28H2,1-5H3,(H,49,50,51,55)/t36-,37-,39-,42-/m1/s1. The molecular weight excluding hydrogens is 807 g/mol. The second-order valence-electron chi connectivity index (χ2n) is 15.7. The molecule has 0 spiro atoms. The van der Waals surface area contributed by atoms with Crippen molar-refractivity contribution in [3.05, 3.63) is 138 Å². The van der Waals surface area contributed by atoms with Gasteiger partial charge in [-0.25, -0.2) is 14.7 Å². The molecule has 318 valence electrons. The van der Waals surface area contributed by atoms with Crippen LogP contribution in [0.1, 0.15) is 47.3 Å². The van der Waals surface area contributed by atoms with Crippen LogP contribution in [-0.4, -0.2) is 71.2 Å². The Kier molecular flexibility index (Phi) is 13.1. The zero-order valence-electron chi connectivity index (χ0n) is 35.0. The minimum absolute atomic E-state index is 0.0590. The zero-order chi connectivity index (χ0) is 43.9. The first-order valence-corrected chi connectivity index (χ1v) is 22.0. The van der Waals surface area contributed by atoms with Gasteiger partial charge in [0.1, 0.15) is 0 Å². The van der Waals surface area contributed by atoms with Crippen LogP contribution in [0.3, 0.4) is 0 Å². The summed E-state index contributed by atoms with van der Waals surface area (Å²) < 4.78 is 27.4. The first-order valence-electron chi connectivity index (χ1n) is 20.1. The van der Waals surface area contributed by atoms with E-state index in [1.807, 2.05) is 48.5 Å². The summed E-state index contributed by atoms with van der Waals surface area (Å²) in [4.78, 5) is 57.3. The summed E-state index contributed by atoms with van der Waals surface area (Å²) in [5, 5.41) is 8.36.